The van der Waals surface area contributed by atoms with Crippen LogP contribution in [-0.4, -0.2) is 17.8 Å². The third-order valence-corrected chi connectivity index (χ3v) is 2.15. The van der Waals surface area contributed by atoms with E-state index in [2.05, 4.69) is 9.73 Å². The average Bonchev–Trinajstić information content (AvgIpc) is 2.38. The van der Waals surface area contributed by atoms with Crippen molar-refractivity contribution in [2.75, 3.05) is 7.11 Å². The normalized spacial score (nSPS) is 11.7. The summed E-state index contributed by atoms with van der Waals surface area (Å²) in [6.07, 6.45) is 0. The molecule has 0 bridgehead atoms. The van der Waals surface area contributed by atoms with E-state index in [0.29, 0.717) is 10.6 Å². The molecule has 0 aromatic heterocycles. The molecule has 0 heterocycles. The number of rotatable bonds is 3. The SMILES string of the molecule is CO/C([O-])=C(\C#N)C(=NC(C)=S)c1ccccc1.[Na+]. The first-order chi connectivity index (χ1) is 8.60. The second kappa shape index (κ2) is 8.83. The van der Waals surface area contributed by atoms with Gasteiger partial charge in [-0.25, -0.2) is 4.99 Å². The number of hydrogen-bond acceptors (Lipinski definition) is 4. The molecule has 1 aromatic carbocycles. The number of thiocarbonyl (C=S) groups is 1. The fraction of sp³-hybridized carbons (Fsp3) is 0.154. The van der Waals surface area contributed by atoms with Gasteiger partial charge in [0.25, 0.3) is 0 Å². The predicted octanol–water partition coefficient (Wildman–Crippen LogP) is -1.43. The maximum atomic E-state index is 11.5. The summed E-state index contributed by atoms with van der Waals surface area (Å²) in [6, 6.07) is 10.7. The van der Waals surface area contributed by atoms with E-state index in [-0.39, 0.29) is 40.8 Å². The minimum atomic E-state index is -0.726. The first kappa shape index (κ1) is 17.8. The van der Waals surface area contributed by atoms with Gasteiger partial charge in [0.2, 0.25) is 0 Å². The van der Waals surface area contributed by atoms with Gasteiger partial charge in [-0.2, -0.15) is 5.26 Å². The van der Waals surface area contributed by atoms with Gasteiger partial charge in [-0.05, 0) is 14.0 Å². The van der Waals surface area contributed by atoms with Crippen molar-refractivity contribution in [2.24, 2.45) is 4.99 Å². The van der Waals surface area contributed by atoms with Crippen molar-refractivity contribution in [2.45, 2.75) is 6.92 Å². The monoisotopic (exact) mass is 282 g/mol. The summed E-state index contributed by atoms with van der Waals surface area (Å²) >= 11 is 4.90. The van der Waals surface area contributed by atoms with Gasteiger partial charge in [-0.15, -0.1) is 0 Å². The van der Waals surface area contributed by atoms with E-state index < -0.39 is 5.95 Å². The zero-order valence-electron chi connectivity index (χ0n) is 11.0. The van der Waals surface area contributed by atoms with E-state index in [4.69, 9.17) is 17.5 Å². The average molecular weight is 282 g/mol. The standard InChI is InChI=1S/C13H12N2O2S.Na/c1-9(18)15-12(10-6-4-3-5-7-10)11(8-14)13(16)17-2;/h3-7,16H,1-2H3;/q;+1/p-1/b13-11+,15-12?;. The third kappa shape index (κ3) is 5.13. The predicted molar refractivity (Wildman–Crippen MR) is 70.9 cm³/mol. The molecule has 6 heteroatoms. The molecule has 0 saturated heterocycles. The first-order valence-electron chi connectivity index (χ1n) is 5.10. The molecule has 1 aromatic rings. The molecule has 0 aliphatic heterocycles. The summed E-state index contributed by atoms with van der Waals surface area (Å²) in [5, 5.41) is 20.6. The molecule has 19 heavy (non-hydrogen) atoms. The summed E-state index contributed by atoms with van der Waals surface area (Å²) in [5.74, 6) is -0.726. The number of benzene rings is 1. The van der Waals surface area contributed by atoms with Crippen LogP contribution in [0.25, 0.3) is 0 Å². The Hall–Kier alpha value is -1.19. The smallest absolute Gasteiger partial charge is 0.616 e. The Bertz CT molecular complexity index is 548. The van der Waals surface area contributed by atoms with Crippen molar-refractivity contribution >= 4 is 22.9 Å². The van der Waals surface area contributed by atoms with Gasteiger partial charge in [0, 0.05) is 5.56 Å². The van der Waals surface area contributed by atoms with Gasteiger partial charge in [0.05, 0.1) is 17.2 Å². The topological polar surface area (TPSA) is 68.4 Å². The molecule has 4 nitrogen and oxygen atoms in total. The number of methoxy groups -OCH3 is 1. The molecule has 0 unspecified atom stereocenters. The number of allylic oxidation sites excluding steroid dienone is 1. The molecule has 0 N–H and O–H groups in total. The van der Waals surface area contributed by atoms with Gasteiger partial charge in [0.1, 0.15) is 11.1 Å². The van der Waals surface area contributed by atoms with Crippen molar-refractivity contribution in [3.63, 3.8) is 0 Å². The van der Waals surface area contributed by atoms with E-state index in [9.17, 15) is 5.11 Å². The van der Waals surface area contributed by atoms with E-state index >= 15 is 0 Å². The fourth-order valence-electron chi connectivity index (χ4n) is 1.32. The number of hydrogen-bond donors (Lipinski definition) is 0. The quantitative estimate of drug-likeness (QED) is 0.224. The van der Waals surface area contributed by atoms with Crippen LogP contribution in [0.3, 0.4) is 0 Å². The molecular formula is C13H11N2NaO2S. The zero-order valence-corrected chi connectivity index (χ0v) is 13.8. The van der Waals surface area contributed by atoms with Gasteiger partial charge in [-0.1, -0.05) is 42.5 Å². The number of nitriles is 1. The Morgan fingerprint density at radius 2 is 1.95 bits per heavy atom. The number of ether oxygens (including phenoxy) is 1. The van der Waals surface area contributed by atoms with Crippen molar-refractivity contribution < 1.29 is 39.4 Å². The van der Waals surface area contributed by atoms with Gasteiger partial charge < -0.3 is 9.84 Å². The second-order valence-electron chi connectivity index (χ2n) is 3.32. The van der Waals surface area contributed by atoms with Crippen LogP contribution in [0.4, 0.5) is 0 Å². The van der Waals surface area contributed by atoms with Crippen molar-refractivity contribution in [1.82, 2.24) is 0 Å². The van der Waals surface area contributed by atoms with E-state index in [1.54, 1.807) is 31.2 Å². The molecule has 0 spiro atoms. The van der Waals surface area contributed by atoms with Crippen LogP contribution in [-0.2, 0) is 4.74 Å². The number of aliphatic imine (C=N–C) groups is 1. The molecule has 0 saturated carbocycles. The van der Waals surface area contributed by atoms with Crippen LogP contribution in [0.2, 0.25) is 0 Å². The molecule has 0 aliphatic carbocycles. The van der Waals surface area contributed by atoms with Gasteiger partial charge >= 0.3 is 29.6 Å². The van der Waals surface area contributed by atoms with Crippen LogP contribution in [0.5, 0.6) is 0 Å². The van der Waals surface area contributed by atoms with Crippen molar-refractivity contribution in [1.29, 1.82) is 5.26 Å². The summed E-state index contributed by atoms with van der Waals surface area (Å²) < 4.78 is 4.56. The summed E-state index contributed by atoms with van der Waals surface area (Å²) in [4.78, 5) is 4.41. The van der Waals surface area contributed by atoms with E-state index in [0.717, 1.165) is 0 Å². The third-order valence-electron chi connectivity index (χ3n) is 2.05. The van der Waals surface area contributed by atoms with Gasteiger partial charge in [-0.3, -0.25) is 0 Å². The zero-order chi connectivity index (χ0) is 13.5. The molecule has 0 atom stereocenters. The Labute approximate surface area is 139 Å². The Kier molecular flexibility index (Phi) is 8.28. The van der Waals surface area contributed by atoms with Crippen LogP contribution in [0, 0.1) is 11.3 Å². The molecular weight excluding hydrogens is 271 g/mol. The van der Waals surface area contributed by atoms with Crippen molar-refractivity contribution in [3.05, 3.63) is 47.4 Å². The molecule has 0 amide bonds. The summed E-state index contributed by atoms with van der Waals surface area (Å²) in [5.41, 5.74) is 0.717. The van der Waals surface area contributed by atoms with Crippen LogP contribution in [0.1, 0.15) is 12.5 Å². The summed E-state index contributed by atoms with van der Waals surface area (Å²) in [7, 11) is 1.21. The Balaban J connectivity index is 0.00000324. The molecule has 1 rings (SSSR count). The van der Waals surface area contributed by atoms with Gasteiger partial charge in [0.15, 0.2) is 0 Å². The molecule has 0 radical (unpaired) electrons. The van der Waals surface area contributed by atoms with Crippen molar-refractivity contribution in [3.8, 4) is 6.07 Å². The van der Waals surface area contributed by atoms with E-state index in [1.807, 2.05) is 12.1 Å². The summed E-state index contributed by atoms with van der Waals surface area (Å²) in [6.45, 7) is 1.62. The molecule has 92 valence electrons. The van der Waals surface area contributed by atoms with E-state index in [1.165, 1.54) is 7.11 Å². The molecule has 0 fully saturated rings. The van der Waals surface area contributed by atoms with Crippen LogP contribution < -0.4 is 34.7 Å². The van der Waals surface area contributed by atoms with Crippen LogP contribution in [0.15, 0.2) is 46.8 Å². The van der Waals surface area contributed by atoms with Crippen LogP contribution >= 0.6 is 12.2 Å². The largest absolute Gasteiger partial charge is 1.00 e. The minimum absolute atomic E-state index is 0. The molecule has 0 aliphatic rings. The fourth-order valence-corrected chi connectivity index (χ4v) is 1.41. The second-order valence-corrected chi connectivity index (χ2v) is 3.91. The number of nitrogens with zero attached hydrogens (tertiary/aromatic N) is 2. The maximum Gasteiger partial charge on any atom is 1.00 e. The first-order valence-corrected chi connectivity index (χ1v) is 5.51. The Morgan fingerprint density at radius 1 is 1.37 bits per heavy atom. The maximum absolute atomic E-state index is 11.5. The minimum Gasteiger partial charge on any atom is -0.616 e. The Morgan fingerprint density at radius 3 is 2.37 bits per heavy atom.